The predicted molar refractivity (Wildman–Crippen MR) is 152 cm³/mol. The third-order valence-corrected chi connectivity index (χ3v) is 9.30. The van der Waals surface area contributed by atoms with Crippen molar-refractivity contribution in [3.8, 4) is 11.1 Å². The molecule has 0 saturated carbocycles. The molecule has 0 bridgehead atoms. The normalized spacial score (nSPS) is 14.9. The summed E-state index contributed by atoms with van der Waals surface area (Å²) < 4.78 is 27.5. The van der Waals surface area contributed by atoms with Crippen molar-refractivity contribution in [1.82, 2.24) is 14.6 Å². The lowest BCUT2D eigenvalue weighted by atomic mass is 9.88. The number of β-amino-alcohol motifs (C(OH)–C–C–N with tert-alkyl or cyclic N) is 1. The molecular weight excluding hydrogens is 538 g/mol. The Morgan fingerprint density at radius 3 is 2.44 bits per heavy atom. The molecule has 0 saturated heterocycles. The fourth-order valence-corrected chi connectivity index (χ4v) is 6.81. The third kappa shape index (κ3) is 7.04. The zero-order valence-electron chi connectivity index (χ0n) is 22.3. The molecule has 0 aliphatic heterocycles. The molecule has 1 aromatic heterocycles. The van der Waals surface area contributed by atoms with Crippen molar-refractivity contribution in [2.24, 2.45) is 5.92 Å². The van der Waals surface area contributed by atoms with E-state index in [1.165, 1.54) is 54.8 Å². The number of carbonyl (C=O) groups is 1. The van der Waals surface area contributed by atoms with Crippen LogP contribution in [0.1, 0.15) is 41.8 Å². The molecule has 0 fully saturated rings. The van der Waals surface area contributed by atoms with Crippen molar-refractivity contribution in [2.45, 2.75) is 49.6 Å². The summed E-state index contributed by atoms with van der Waals surface area (Å²) in [5.74, 6) is -0.595. The summed E-state index contributed by atoms with van der Waals surface area (Å²) in [6.07, 6.45) is 4.82. The Labute approximate surface area is 234 Å². The average Bonchev–Trinajstić information content (AvgIpc) is 3.29. The van der Waals surface area contributed by atoms with Crippen LogP contribution in [-0.2, 0) is 22.9 Å². The first kappa shape index (κ1) is 29.2. The SMILES string of the molecule is CN(C[C@H](O)CNC(C)(C)CC1Cc2ccccc2C1)S(=O)(=O)c1ccc(-c2cncc(C(=O)O)c2)c(Cl)c1. The molecule has 3 aromatic rings. The summed E-state index contributed by atoms with van der Waals surface area (Å²) in [4.78, 5) is 15.2. The minimum Gasteiger partial charge on any atom is -0.478 e. The molecule has 2 aromatic carbocycles. The number of rotatable bonds is 11. The van der Waals surface area contributed by atoms with E-state index in [1.54, 1.807) is 0 Å². The van der Waals surface area contributed by atoms with Gasteiger partial charge in [-0.3, -0.25) is 4.98 Å². The molecule has 0 radical (unpaired) electrons. The molecule has 0 spiro atoms. The van der Waals surface area contributed by atoms with Gasteiger partial charge in [-0.15, -0.1) is 0 Å². The molecule has 10 heteroatoms. The van der Waals surface area contributed by atoms with E-state index in [-0.39, 0.29) is 34.1 Å². The first-order valence-electron chi connectivity index (χ1n) is 12.8. The van der Waals surface area contributed by atoms with Gasteiger partial charge in [0.1, 0.15) is 0 Å². The molecule has 8 nitrogen and oxygen atoms in total. The van der Waals surface area contributed by atoms with Gasteiger partial charge in [0, 0.05) is 54.2 Å². The topological polar surface area (TPSA) is 120 Å². The van der Waals surface area contributed by atoms with E-state index < -0.39 is 22.1 Å². The van der Waals surface area contributed by atoms with Crippen LogP contribution in [0.2, 0.25) is 5.02 Å². The number of halogens is 1. The zero-order chi connectivity index (χ0) is 28.4. The fourth-order valence-electron chi connectivity index (χ4n) is 5.22. The number of hydrogen-bond donors (Lipinski definition) is 3. The number of carboxylic acids is 1. The number of aliphatic hydroxyl groups excluding tert-OH is 1. The fraction of sp³-hybridized carbons (Fsp3) is 0.379. The second kappa shape index (κ2) is 11.7. The number of aliphatic hydroxyl groups is 1. The van der Waals surface area contributed by atoms with Crippen LogP contribution >= 0.6 is 11.6 Å². The second-order valence-corrected chi connectivity index (χ2v) is 13.3. The monoisotopic (exact) mass is 571 g/mol. The second-order valence-electron chi connectivity index (χ2n) is 10.9. The van der Waals surface area contributed by atoms with Crippen LogP contribution in [0.3, 0.4) is 0 Å². The zero-order valence-corrected chi connectivity index (χ0v) is 23.8. The molecule has 1 atom stereocenters. The summed E-state index contributed by atoms with van der Waals surface area (Å²) in [5.41, 5.74) is 3.52. The number of likely N-dealkylation sites (N-methyl/N-ethyl adjacent to an activating group) is 1. The van der Waals surface area contributed by atoms with Gasteiger partial charge in [0.15, 0.2) is 0 Å². The van der Waals surface area contributed by atoms with Crippen LogP contribution < -0.4 is 5.32 Å². The molecule has 0 amide bonds. The Bertz CT molecular complexity index is 1440. The minimum atomic E-state index is -3.93. The number of carboxylic acid groups (broad SMARTS) is 1. The molecule has 4 rings (SSSR count). The molecular formula is C29H34ClN3O5S. The van der Waals surface area contributed by atoms with E-state index in [4.69, 9.17) is 11.6 Å². The van der Waals surface area contributed by atoms with Crippen molar-refractivity contribution in [2.75, 3.05) is 20.1 Å². The maximum atomic E-state index is 13.2. The van der Waals surface area contributed by atoms with Crippen LogP contribution in [0, 0.1) is 5.92 Å². The standard InChI is InChI=1S/C29H34ClN3O5S/c1-29(2,14-19-10-20-6-4-5-7-21(20)11-19)32-17-24(34)18-33(3)39(37,38)25-8-9-26(27(30)13-25)22-12-23(28(35)36)16-31-15-22/h4-9,12-13,15-16,19,24,32,34H,10-11,14,17-18H2,1-3H3,(H,35,36)/t24-/m1/s1. The van der Waals surface area contributed by atoms with Gasteiger partial charge in [-0.1, -0.05) is 41.9 Å². The highest BCUT2D eigenvalue weighted by atomic mass is 35.5. The van der Waals surface area contributed by atoms with Gasteiger partial charge in [-0.2, -0.15) is 4.31 Å². The van der Waals surface area contributed by atoms with Crippen LogP contribution in [-0.4, -0.2) is 65.7 Å². The van der Waals surface area contributed by atoms with Crippen LogP contribution in [0.5, 0.6) is 0 Å². The first-order valence-corrected chi connectivity index (χ1v) is 14.6. The largest absolute Gasteiger partial charge is 0.478 e. The molecule has 1 aliphatic carbocycles. The number of aromatic nitrogens is 1. The van der Waals surface area contributed by atoms with E-state index >= 15 is 0 Å². The smallest absolute Gasteiger partial charge is 0.337 e. The number of sulfonamides is 1. The van der Waals surface area contributed by atoms with Gasteiger partial charge in [0.2, 0.25) is 10.0 Å². The van der Waals surface area contributed by atoms with Gasteiger partial charge in [0.25, 0.3) is 0 Å². The Hall–Kier alpha value is -2.82. The number of pyridine rings is 1. The minimum absolute atomic E-state index is 0.000825. The quantitative estimate of drug-likeness (QED) is 0.314. The first-order chi connectivity index (χ1) is 18.4. The molecule has 208 valence electrons. The molecule has 0 unspecified atom stereocenters. The van der Waals surface area contributed by atoms with Gasteiger partial charge < -0.3 is 15.5 Å². The Kier molecular flexibility index (Phi) is 8.78. The Balaban J connectivity index is 1.35. The Morgan fingerprint density at radius 2 is 1.82 bits per heavy atom. The maximum absolute atomic E-state index is 13.2. The van der Waals surface area contributed by atoms with E-state index in [0.717, 1.165) is 23.6 Å². The summed E-state index contributed by atoms with van der Waals surface area (Å²) in [7, 11) is -2.51. The summed E-state index contributed by atoms with van der Waals surface area (Å²) in [5, 5.41) is 23.4. The lowest BCUT2D eigenvalue weighted by molar-refractivity contribution is 0.0696. The molecule has 1 heterocycles. The maximum Gasteiger partial charge on any atom is 0.337 e. The highest BCUT2D eigenvalue weighted by molar-refractivity contribution is 7.89. The van der Waals surface area contributed by atoms with Crippen molar-refractivity contribution >= 4 is 27.6 Å². The van der Waals surface area contributed by atoms with Crippen LogP contribution in [0.25, 0.3) is 11.1 Å². The molecule has 1 aliphatic rings. The van der Waals surface area contributed by atoms with Crippen molar-refractivity contribution < 1.29 is 23.4 Å². The van der Waals surface area contributed by atoms with Gasteiger partial charge in [-0.05, 0) is 68.4 Å². The molecule has 39 heavy (non-hydrogen) atoms. The number of nitrogens with one attached hydrogen (secondary N) is 1. The van der Waals surface area contributed by atoms with E-state index in [2.05, 4.69) is 48.4 Å². The van der Waals surface area contributed by atoms with Crippen molar-refractivity contribution in [3.05, 3.63) is 82.6 Å². The van der Waals surface area contributed by atoms with Gasteiger partial charge in [0.05, 0.1) is 16.6 Å². The Morgan fingerprint density at radius 1 is 1.15 bits per heavy atom. The third-order valence-electron chi connectivity index (χ3n) is 7.16. The summed E-state index contributed by atoms with van der Waals surface area (Å²) >= 11 is 6.39. The highest BCUT2D eigenvalue weighted by Crippen LogP contribution is 2.33. The van der Waals surface area contributed by atoms with Crippen molar-refractivity contribution in [1.29, 1.82) is 0 Å². The number of fused-ring (bicyclic) bond motifs is 1. The molecule has 3 N–H and O–H groups in total. The number of benzene rings is 2. The van der Waals surface area contributed by atoms with Gasteiger partial charge >= 0.3 is 5.97 Å². The average molecular weight is 572 g/mol. The van der Waals surface area contributed by atoms with E-state index in [1.807, 2.05) is 0 Å². The van der Waals surface area contributed by atoms with E-state index in [9.17, 15) is 23.4 Å². The van der Waals surface area contributed by atoms with E-state index in [0.29, 0.717) is 17.0 Å². The van der Waals surface area contributed by atoms with Gasteiger partial charge in [-0.25, -0.2) is 13.2 Å². The predicted octanol–water partition coefficient (Wildman–Crippen LogP) is 4.25. The summed E-state index contributed by atoms with van der Waals surface area (Å²) in [6.45, 7) is 4.37. The number of nitrogens with zero attached hydrogens (tertiary/aromatic N) is 2. The van der Waals surface area contributed by atoms with Crippen molar-refractivity contribution in [3.63, 3.8) is 0 Å². The van der Waals surface area contributed by atoms with Crippen LogP contribution in [0.4, 0.5) is 0 Å². The lowest BCUT2D eigenvalue weighted by Gasteiger charge is -2.31. The van der Waals surface area contributed by atoms with Crippen LogP contribution in [0.15, 0.2) is 65.8 Å². The summed E-state index contributed by atoms with van der Waals surface area (Å²) in [6, 6.07) is 14.2. The number of aromatic carboxylic acids is 1. The number of hydrogen-bond acceptors (Lipinski definition) is 6. The highest BCUT2D eigenvalue weighted by Gasteiger charge is 2.29. The lowest BCUT2D eigenvalue weighted by Crippen LogP contribution is -2.47.